The summed E-state index contributed by atoms with van der Waals surface area (Å²) in [5.41, 5.74) is 2.32. The molecular formula is C18H23NO2. The molecule has 112 valence electrons. The van der Waals surface area contributed by atoms with Gasteiger partial charge in [0.2, 0.25) is 5.90 Å². The summed E-state index contributed by atoms with van der Waals surface area (Å²) in [6.45, 7) is 6.58. The number of para-hydroxylation sites is 1. The largest absolute Gasteiger partial charge is 0.496 e. The van der Waals surface area contributed by atoms with Gasteiger partial charge in [-0.15, -0.1) is 0 Å². The maximum atomic E-state index is 5.47. The van der Waals surface area contributed by atoms with Gasteiger partial charge >= 0.3 is 0 Å². The van der Waals surface area contributed by atoms with Crippen LogP contribution in [-0.2, 0) is 4.74 Å². The average Bonchev–Trinajstić information content (AvgIpc) is 2.69. The number of benzene rings is 1. The van der Waals surface area contributed by atoms with E-state index in [0.29, 0.717) is 5.90 Å². The minimum absolute atomic E-state index is 0.0511. The van der Waals surface area contributed by atoms with E-state index in [1.807, 2.05) is 30.3 Å². The minimum atomic E-state index is -0.111. The first-order valence-electron chi connectivity index (χ1n) is 7.11. The van der Waals surface area contributed by atoms with Gasteiger partial charge in [-0.1, -0.05) is 51.1 Å². The number of hydrogen-bond acceptors (Lipinski definition) is 3. The van der Waals surface area contributed by atoms with Crippen molar-refractivity contribution in [2.75, 3.05) is 14.2 Å². The molecular weight excluding hydrogens is 262 g/mol. The average molecular weight is 285 g/mol. The predicted octanol–water partition coefficient (Wildman–Crippen LogP) is 4.32. The summed E-state index contributed by atoms with van der Waals surface area (Å²) in [5.74, 6) is 1.47. The second-order valence-electron chi connectivity index (χ2n) is 6.06. The number of rotatable bonds is 2. The molecule has 1 unspecified atom stereocenters. The third kappa shape index (κ3) is 3.54. The van der Waals surface area contributed by atoms with Gasteiger partial charge in [-0.25, -0.2) is 4.99 Å². The SMILES string of the molecule is COC1=NC(c2ccccc2OC)C=C(C(C)(C)C)C=C1. The Morgan fingerprint density at radius 3 is 2.33 bits per heavy atom. The highest BCUT2D eigenvalue weighted by Crippen LogP contribution is 2.35. The Morgan fingerprint density at radius 1 is 1.00 bits per heavy atom. The van der Waals surface area contributed by atoms with Crippen LogP contribution in [0.15, 0.2) is 53.1 Å². The number of nitrogens with zero attached hydrogens (tertiary/aromatic N) is 1. The van der Waals surface area contributed by atoms with Crippen molar-refractivity contribution in [3.8, 4) is 5.75 Å². The van der Waals surface area contributed by atoms with Crippen molar-refractivity contribution < 1.29 is 9.47 Å². The summed E-state index contributed by atoms with van der Waals surface area (Å²) in [6, 6.07) is 7.86. The summed E-state index contributed by atoms with van der Waals surface area (Å²) < 4.78 is 10.8. The molecule has 3 heteroatoms. The molecule has 0 aliphatic carbocycles. The molecule has 0 bridgehead atoms. The van der Waals surface area contributed by atoms with Gasteiger partial charge in [0.05, 0.1) is 14.2 Å². The van der Waals surface area contributed by atoms with E-state index in [0.717, 1.165) is 11.3 Å². The molecule has 0 aromatic heterocycles. The van der Waals surface area contributed by atoms with E-state index in [1.54, 1.807) is 14.2 Å². The number of ether oxygens (including phenoxy) is 2. The Morgan fingerprint density at radius 2 is 1.71 bits per heavy atom. The van der Waals surface area contributed by atoms with Gasteiger partial charge in [-0.3, -0.25) is 0 Å². The van der Waals surface area contributed by atoms with E-state index in [2.05, 4.69) is 37.9 Å². The smallest absolute Gasteiger partial charge is 0.209 e. The maximum Gasteiger partial charge on any atom is 0.209 e. The molecule has 1 heterocycles. The fraction of sp³-hybridized carbons (Fsp3) is 0.389. The lowest BCUT2D eigenvalue weighted by molar-refractivity contribution is 0.399. The van der Waals surface area contributed by atoms with E-state index in [4.69, 9.17) is 9.47 Å². The van der Waals surface area contributed by atoms with Gasteiger partial charge < -0.3 is 9.47 Å². The third-order valence-electron chi connectivity index (χ3n) is 3.54. The zero-order valence-electron chi connectivity index (χ0n) is 13.4. The highest BCUT2D eigenvalue weighted by molar-refractivity contribution is 5.89. The van der Waals surface area contributed by atoms with Crippen molar-refractivity contribution in [1.82, 2.24) is 0 Å². The van der Waals surface area contributed by atoms with Crippen molar-refractivity contribution >= 4 is 5.90 Å². The molecule has 2 rings (SSSR count). The number of aliphatic imine (C=N–C) groups is 1. The molecule has 1 aromatic carbocycles. The van der Waals surface area contributed by atoms with E-state index < -0.39 is 0 Å². The first kappa shape index (κ1) is 15.4. The highest BCUT2D eigenvalue weighted by atomic mass is 16.5. The molecule has 0 amide bonds. The van der Waals surface area contributed by atoms with Crippen LogP contribution in [0.3, 0.4) is 0 Å². The number of allylic oxidation sites excluding steroid dienone is 2. The second-order valence-corrected chi connectivity index (χ2v) is 6.06. The molecule has 0 fully saturated rings. The van der Waals surface area contributed by atoms with Crippen molar-refractivity contribution in [3.05, 3.63) is 53.6 Å². The quantitative estimate of drug-likeness (QED) is 0.810. The lowest BCUT2D eigenvalue weighted by Gasteiger charge is -2.21. The monoisotopic (exact) mass is 285 g/mol. The van der Waals surface area contributed by atoms with Crippen LogP contribution in [0.2, 0.25) is 0 Å². The third-order valence-corrected chi connectivity index (χ3v) is 3.54. The molecule has 1 atom stereocenters. The summed E-state index contributed by atoms with van der Waals surface area (Å²) in [5, 5.41) is 0. The van der Waals surface area contributed by atoms with E-state index >= 15 is 0 Å². The van der Waals surface area contributed by atoms with Crippen LogP contribution in [0, 0.1) is 5.41 Å². The van der Waals surface area contributed by atoms with Crippen molar-refractivity contribution in [3.63, 3.8) is 0 Å². The van der Waals surface area contributed by atoms with Gasteiger partial charge in [0, 0.05) is 11.6 Å². The standard InChI is InChI=1S/C18H23NO2/c1-18(2,3)13-10-11-17(21-5)19-15(12-13)14-8-6-7-9-16(14)20-4/h6-12,15H,1-5H3. The molecule has 1 aliphatic rings. The van der Waals surface area contributed by atoms with Gasteiger partial charge in [0.25, 0.3) is 0 Å². The molecule has 0 spiro atoms. The van der Waals surface area contributed by atoms with Gasteiger partial charge in [-0.2, -0.15) is 0 Å². The molecule has 3 nitrogen and oxygen atoms in total. The molecule has 0 saturated carbocycles. The predicted molar refractivity (Wildman–Crippen MR) is 86.9 cm³/mol. The lowest BCUT2D eigenvalue weighted by atomic mass is 9.84. The fourth-order valence-electron chi connectivity index (χ4n) is 2.29. The second kappa shape index (κ2) is 6.17. The van der Waals surface area contributed by atoms with Gasteiger partial charge in [0.1, 0.15) is 11.8 Å². The topological polar surface area (TPSA) is 30.8 Å². The summed E-state index contributed by atoms with van der Waals surface area (Å²) in [4.78, 5) is 4.69. The van der Waals surface area contributed by atoms with Crippen molar-refractivity contribution in [2.24, 2.45) is 10.4 Å². The number of hydrogen-bond donors (Lipinski definition) is 0. The van der Waals surface area contributed by atoms with Crippen LogP contribution in [0.1, 0.15) is 32.4 Å². The normalized spacial score (nSPS) is 18.6. The fourth-order valence-corrected chi connectivity index (χ4v) is 2.29. The van der Waals surface area contributed by atoms with E-state index in [1.165, 1.54) is 5.57 Å². The molecule has 0 N–H and O–H groups in total. The molecule has 0 radical (unpaired) electrons. The molecule has 21 heavy (non-hydrogen) atoms. The van der Waals surface area contributed by atoms with Gasteiger partial charge in [0.15, 0.2) is 0 Å². The first-order valence-corrected chi connectivity index (χ1v) is 7.11. The van der Waals surface area contributed by atoms with E-state index in [-0.39, 0.29) is 11.5 Å². The van der Waals surface area contributed by atoms with Crippen LogP contribution in [0.5, 0.6) is 5.75 Å². The van der Waals surface area contributed by atoms with Crippen LogP contribution in [0.4, 0.5) is 0 Å². The Kier molecular flexibility index (Phi) is 4.51. The summed E-state index contributed by atoms with van der Waals surface area (Å²) >= 11 is 0. The van der Waals surface area contributed by atoms with Crippen LogP contribution in [0.25, 0.3) is 0 Å². The van der Waals surface area contributed by atoms with Crippen molar-refractivity contribution in [2.45, 2.75) is 26.8 Å². The Hall–Kier alpha value is -2.03. The maximum absolute atomic E-state index is 5.47. The van der Waals surface area contributed by atoms with Crippen molar-refractivity contribution in [1.29, 1.82) is 0 Å². The van der Waals surface area contributed by atoms with Crippen LogP contribution >= 0.6 is 0 Å². The minimum Gasteiger partial charge on any atom is -0.496 e. The molecule has 1 aliphatic heterocycles. The Labute approximate surface area is 127 Å². The van der Waals surface area contributed by atoms with Gasteiger partial charge in [-0.05, 0) is 17.1 Å². The summed E-state index contributed by atoms with van der Waals surface area (Å²) in [7, 11) is 3.33. The Bertz CT molecular complexity index is 591. The molecule has 0 saturated heterocycles. The van der Waals surface area contributed by atoms with Crippen LogP contribution < -0.4 is 4.74 Å². The lowest BCUT2D eigenvalue weighted by Crippen LogP contribution is -2.08. The Balaban J connectivity index is 2.52. The highest BCUT2D eigenvalue weighted by Gasteiger charge is 2.21. The number of methoxy groups -OCH3 is 2. The first-order chi connectivity index (χ1) is 9.95. The zero-order valence-corrected chi connectivity index (χ0v) is 13.4. The zero-order chi connectivity index (χ0) is 15.5. The summed E-state index contributed by atoms with van der Waals surface area (Å²) in [6.07, 6.45) is 6.19. The van der Waals surface area contributed by atoms with Crippen LogP contribution in [-0.4, -0.2) is 20.1 Å². The molecule has 1 aromatic rings. The van der Waals surface area contributed by atoms with E-state index in [9.17, 15) is 0 Å².